The van der Waals surface area contributed by atoms with Gasteiger partial charge in [-0.05, 0) is 18.6 Å². The number of imidazole rings is 1. The molecule has 0 amide bonds. The van der Waals surface area contributed by atoms with Gasteiger partial charge in [0.05, 0.1) is 19.2 Å². The van der Waals surface area contributed by atoms with Gasteiger partial charge in [0, 0.05) is 35.9 Å². The molecule has 24 heavy (non-hydrogen) atoms. The van der Waals surface area contributed by atoms with E-state index < -0.39 is 0 Å². The van der Waals surface area contributed by atoms with E-state index in [-0.39, 0.29) is 0 Å². The Bertz CT molecular complexity index is 883. The van der Waals surface area contributed by atoms with E-state index in [1.807, 2.05) is 22.8 Å². The van der Waals surface area contributed by atoms with Crippen LogP contribution >= 0.6 is 23.2 Å². The van der Waals surface area contributed by atoms with Crippen molar-refractivity contribution in [1.82, 2.24) is 19.5 Å². The van der Waals surface area contributed by atoms with Crippen molar-refractivity contribution in [2.45, 2.75) is 13.0 Å². The second kappa shape index (κ2) is 7.79. The van der Waals surface area contributed by atoms with Crippen LogP contribution in [0.15, 0.2) is 35.8 Å². The number of nitrogens with one attached hydrogen (secondary N) is 1. The zero-order valence-electron chi connectivity index (χ0n) is 13.2. The number of halogens is 2. The van der Waals surface area contributed by atoms with Gasteiger partial charge in [-0.15, -0.1) is 0 Å². The molecule has 6 nitrogen and oxygen atoms in total. The Hall–Kier alpha value is -1.89. The number of methoxy groups -OCH3 is 1. The first-order chi connectivity index (χ1) is 11.7. The van der Waals surface area contributed by atoms with E-state index >= 15 is 0 Å². The predicted molar refractivity (Wildman–Crippen MR) is 94.4 cm³/mol. The summed E-state index contributed by atoms with van der Waals surface area (Å²) in [5.41, 5.74) is 3.02. The van der Waals surface area contributed by atoms with E-state index in [0.717, 1.165) is 23.1 Å². The van der Waals surface area contributed by atoms with Crippen molar-refractivity contribution in [2.75, 3.05) is 20.3 Å². The third-order valence-electron chi connectivity index (χ3n) is 3.59. The molecule has 0 radical (unpaired) electrons. The van der Waals surface area contributed by atoms with Crippen molar-refractivity contribution in [3.05, 3.63) is 52.0 Å². The number of nitrogens with zero attached hydrogens (tertiary/aromatic N) is 4. The van der Waals surface area contributed by atoms with Crippen LogP contribution < -0.4 is 5.49 Å². The van der Waals surface area contributed by atoms with Gasteiger partial charge in [-0.1, -0.05) is 29.3 Å². The Kier molecular flexibility index (Phi) is 5.50. The third-order valence-corrected chi connectivity index (χ3v) is 4.30. The summed E-state index contributed by atoms with van der Waals surface area (Å²) >= 11 is 12.5. The lowest BCUT2D eigenvalue weighted by molar-refractivity contribution is 0.196. The fourth-order valence-corrected chi connectivity index (χ4v) is 2.91. The molecule has 0 saturated carbocycles. The van der Waals surface area contributed by atoms with Crippen molar-refractivity contribution < 1.29 is 4.74 Å². The quantitative estimate of drug-likeness (QED) is 0.682. The van der Waals surface area contributed by atoms with Gasteiger partial charge in [-0.2, -0.15) is 0 Å². The summed E-state index contributed by atoms with van der Waals surface area (Å²) in [7, 11) is 1.68. The lowest BCUT2D eigenvalue weighted by Crippen LogP contribution is -2.16. The number of benzene rings is 1. The SMILES string of the molecule is COCCCN=c1ncn(Cc2c(Cl)cccc2Cl)c2nc[nH]c12. The summed E-state index contributed by atoms with van der Waals surface area (Å²) in [4.78, 5) is 16.4. The number of H-pyrrole nitrogens is 1. The van der Waals surface area contributed by atoms with Crippen LogP contribution in [0, 0.1) is 0 Å². The second-order valence-corrected chi connectivity index (χ2v) is 6.04. The predicted octanol–water partition coefficient (Wildman–Crippen LogP) is 3.05. The maximum absolute atomic E-state index is 6.26. The van der Waals surface area contributed by atoms with Crippen LogP contribution in [0.3, 0.4) is 0 Å². The molecular weight excluding hydrogens is 349 g/mol. The molecule has 0 aliphatic heterocycles. The number of hydrogen-bond donors (Lipinski definition) is 1. The molecule has 2 heterocycles. The van der Waals surface area contributed by atoms with Gasteiger partial charge in [-0.25, -0.2) is 9.97 Å². The molecule has 0 aliphatic rings. The Morgan fingerprint density at radius 3 is 2.79 bits per heavy atom. The summed E-state index contributed by atoms with van der Waals surface area (Å²) in [6.07, 6.45) is 4.18. The van der Waals surface area contributed by atoms with Gasteiger partial charge in [0.15, 0.2) is 11.1 Å². The maximum atomic E-state index is 6.26. The standard InChI is InChI=1S/C16H17Cl2N5O/c1-24-7-3-6-19-15-14-16(21-9-20-14)23(10-22-15)8-11-12(17)4-2-5-13(11)18/h2,4-5,9-10H,3,6-8H2,1H3,(H,20,21). The highest BCUT2D eigenvalue weighted by Gasteiger charge is 2.10. The molecule has 2 aromatic heterocycles. The molecule has 3 rings (SSSR count). The van der Waals surface area contributed by atoms with Crippen LogP contribution in [-0.4, -0.2) is 39.8 Å². The third kappa shape index (κ3) is 3.61. The van der Waals surface area contributed by atoms with Crippen LogP contribution in [0.1, 0.15) is 12.0 Å². The number of fused-ring (bicyclic) bond motifs is 1. The summed E-state index contributed by atoms with van der Waals surface area (Å²) in [6, 6.07) is 5.46. The molecule has 0 bridgehead atoms. The molecule has 0 fully saturated rings. The Morgan fingerprint density at radius 1 is 1.25 bits per heavy atom. The normalized spacial score (nSPS) is 12.2. The largest absolute Gasteiger partial charge is 0.385 e. The molecule has 8 heteroatoms. The van der Waals surface area contributed by atoms with Gasteiger partial charge >= 0.3 is 0 Å². The molecule has 126 valence electrons. The van der Waals surface area contributed by atoms with Gasteiger partial charge in [0.1, 0.15) is 5.52 Å². The fraction of sp³-hybridized carbons (Fsp3) is 0.312. The summed E-state index contributed by atoms with van der Waals surface area (Å²) < 4.78 is 6.93. The van der Waals surface area contributed by atoms with Crippen LogP contribution in [0.25, 0.3) is 11.2 Å². The average Bonchev–Trinajstić information content (AvgIpc) is 3.06. The minimum Gasteiger partial charge on any atom is -0.385 e. The summed E-state index contributed by atoms with van der Waals surface area (Å²) in [5.74, 6) is 0. The van der Waals surface area contributed by atoms with Gasteiger partial charge in [-0.3, -0.25) is 4.99 Å². The van der Waals surface area contributed by atoms with E-state index in [2.05, 4.69) is 19.9 Å². The van der Waals surface area contributed by atoms with Gasteiger partial charge < -0.3 is 14.3 Å². The maximum Gasteiger partial charge on any atom is 0.176 e. The Labute approximate surface area is 149 Å². The van der Waals surface area contributed by atoms with Crippen LogP contribution in [-0.2, 0) is 11.3 Å². The number of hydrogen-bond acceptors (Lipinski definition) is 4. The topological polar surface area (TPSA) is 68.1 Å². The van der Waals surface area contributed by atoms with Crippen LogP contribution in [0.2, 0.25) is 10.0 Å². The van der Waals surface area contributed by atoms with E-state index in [9.17, 15) is 0 Å². The summed E-state index contributed by atoms with van der Waals surface area (Å²) in [6.45, 7) is 1.81. The lowest BCUT2D eigenvalue weighted by atomic mass is 10.2. The first-order valence-electron chi connectivity index (χ1n) is 7.51. The highest BCUT2D eigenvalue weighted by atomic mass is 35.5. The molecule has 1 aromatic carbocycles. The minimum absolute atomic E-state index is 0.483. The molecule has 3 aromatic rings. The number of rotatable bonds is 6. The molecule has 0 saturated heterocycles. The Morgan fingerprint density at radius 2 is 2.04 bits per heavy atom. The molecule has 0 aliphatic carbocycles. The molecule has 1 N–H and O–H groups in total. The van der Waals surface area contributed by atoms with Crippen molar-refractivity contribution in [2.24, 2.45) is 4.99 Å². The number of ether oxygens (including phenoxy) is 1. The van der Waals surface area contributed by atoms with Crippen LogP contribution in [0.4, 0.5) is 0 Å². The lowest BCUT2D eigenvalue weighted by Gasteiger charge is -2.10. The smallest absolute Gasteiger partial charge is 0.176 e. The highest BCUT2D eigenvalue weighted by molar-refractivity contribution is 6.35. The second-order valence-electron chi connectivity index (χ2n) is 5.23. The van der Waals surface area contributed by atoms with E-state index in [0.29, 0.717) is 35.2 Å². The average molecular weight is 366 g/mol. The number of aromatic nitrogens is 4. The highest BCUT2D eigenvalue weighted by Crippen LogP contribution is 2.25. The Balaban J connectivity index is 1.95. The molecule has 0 unspecified atom stereocenters. The molecule has 0 atom stereocenters. The fourth-order valence-electron chi connectivity index (χ4n) is 2.40. The zero-order valence-corrected chi connectivity index (χ0v) is 14.7. The first-order valence-corrected chi connectivity index (χ1v) is 8.27. The molecule has 0 spiro atoms. The number of aromatic amines is 1. The van der Waals surface area contributed by atoms with Crippen molar-refractivity contribution in [1.29, 1.82) is 0 Å². The monoisotopic (exact) mass is 365 g/mol. The first kappa shape index (κ1) is 17.0. The minimum atomic E-state index is 0.483. The van der Waals surface area contributed by atoms with Crippen molar-refractivity contribution >= 4 is 34.4 Å². The zero-order chi connectivity index (χ0) is 16.9. The van der Waals surface area contributed by atoms with E-state index in [1.165, 1.54) is 0 Å². The van der Waals surface area contributed by atoms with Crippen LogP contribution in [0.5, 0.6) is 0 Å². The molecular formula is C16H17Cl2N5O. The van der Waals surface area contributed by atoms with Gasteiger partial charge in [0.2, 0.25) is 0 Å². The van der Waals surface area contributed by atoms with E-state index in [4.69, 9.17) is 27.9 Å². The summed E-state index contributed by atoms with van der Waals surface area (Å²) in [5, 5.41) is 1.24. The van der Waals surface area contributed by atoms with Crippen molar-refractivity contribution in [3.63, 3.8) is 0 Å². The van der Waals surface area contributed by atoms with Crippen molar-refractivity contribution in [3.8, 4) is 0 Å². The van der Waals surface area contributed by atoms with E-state index in [1.54, 1.807) is 19.8 Å². The van der Waals surface area contributed by atoms with Gasteiger partial charge in [0.25, 0.3) is 0 Å².